The van der Waals surface area contributed by atoms with Crippen LogP contribution in [-0.4, -0.2) is 57.8 Å². The number of carboxylic acid groups (broad SMARTS) is 1. The van der Waals surface area contributed by atoms with Crippen molar-refractivity contribution >= 4 is 12.4 Å². The molecule has 0 unspecified atom stereocenters. The Morgan fingerprint density at radius 1 is 1.38 bits per heavy atom. The number of hydrogen-bond acceptors (Lipinski definition) is 6. The summed E-state index contributed by atoms with van der Waals surface area (Å²) in [4.78, 5) is 19.7. The number of hydrogen-bond donors (Lipinski definition) is 4. The van der Waals surface area contributed by atoms with Gasteiger partial charge in [-0.15, -0.1) is 0 Å². The summed E-state index contributed by atoms with van der Waals surface area (Å²) in [5.74, 6) is 0. The smallest absolute Gasteiger partial charge is 0.450 e. The maximum Gasteiger partial charge on any atom is 0.505 e. The average molecular weight is 194 g/mol. The molecule has 0 saturated carbocycles. The zero-order valence-corrected chi connectivity index (χ0v) is 6.53. The number of carbonyl (C=O) groups is 2. The van der Waals surface area contributed by atoms with E-state index in [2.05, 4.69) is 4.74 Å². The lowest BCUT2D eigenvalue weighted by Crippen LogP contribution is -2.41. The van der Waals surface area contributed by atoms with Gasteiger partial charge in [0.15, 0.2) is 6.29 Å². The quantitative estimate of drug-likeness (QED) is 0.293. The summed E-state index contributed by atoms with van der Waals surface area (Å²) in [6.45, 7) is -0.707. The second-order valence-corrected chi connectivity index (χ2v) is 2.26. The fourth-order valence-electron chi connectivity index (χ4n) is 0.563. The molecule has 0 bridgehead atoms. The van der Waals surface area contributed by atoms with Crippen molar-refractivity contribution in [2.75, 3.05) is 6.61 Å². The van der Waals surface area contributed by atoms with Crippen molar-refractivity contribution in [1.82, 2.24) is 0 Å². The predicted molar refractivity (Wildman–Crippen MR) is 38.1 cm³/mol. The van der Waals surface area contributed by atoms with Gasteiger partial charge in [-0.2, -0.15) is 0 Å². The molecule has 0 fully saturated rings. The van der Waals surface area contributed by atoms with Gasteiger partial charge in [0.2, 0.25) is 0 Å². The van der Waals surface area contributed by atoms with Crippen molar-refractivity contribution in [3.63, 3.8) is 0 Å². The minimum absolute atomic E-state index is 0.0225. The number of aliphatic hydroxyl groups is 3. The molecule has 0 saturated heterocycles. The Morgan fingerprint density at radius 3 is 2.31 bits per heavy atom. The SMILES string of the molecule is O=C[C@H](O)[C@H](O)[C@H](O)COC(=O)O. The molecule has 3 atom stereocenters. The Morgan fingerprint density at radius 2 is 1.92 bits per heavy atom. The molecule has 0 aliphatic heterocycles. The van der Waals surface area contributed by atoms with Crippen molar-refractivity contribution in [3.05, 3.63) is 0 Å². The molecule has 0 amide bonds. The highest BCUT2D eigenvalue weighted by molar-refractivity contribution is 5.57. The van der Waals surface area contributed by atoms with Crippen LogP contribution in [0.2, 0.25) is 0 Å². The summed E-state index contributed by atoms with van der Waals surface area (Å²) in [5.41, 5.74) is 0. The van der Waals surface area contributed by atoms with Gasteiger partial charge in [0.1, 0.15) is 24.9 Å². The molecule has 7 heteroatoms. The van der Waals surface area contributed by atoms with E-state index in [0.717, 1.165) is 0 Å². The molecule has 0 aliphatic rings. The Kier molecular flexibility index (Phi) is 4.97. The maximum absolute atomic E-state index is 9.91. The Hall–Kier alpha value is -1.18. The first-order valence-corrected chi connectivity index (χ1v) is 3.34. The van der Waals surface area contributed by atoms with E-state index in [9.17, 15) is 9.59 Å². The lowest BCUT2D eigenvalue weighted by molar-refractivity contribution is -0.128. The normalized spacial score (nSPS) is 17.2. The van der Waals surface area contributed by atoms with Gasteiger partial charge in [-0.05, 0) is 0 Å². The summed E-state index contributed by atoms with van der Waals surface area (Å²) in [7, 11) is 0. The summed E-state index contributed by atoms with van der Waals surface area (Å²) in [5, 5.41) is 34.5. The highest BCUT2D eigenvalue weighted by Gasteiger charge is 2.25. The first-order valence-electron chi connectivity index (χ1n) is 3.34. The summed E-state index contributed by atoms with van der Waals surface area (Å²) < 4.78 is 3.90. The number of aliphatic hydroxyl groups excluding tert-OH is 3. The van der Waals surface area contributed by atoms with E-state index >= 15 is 0 Å². The van der Waals surface area contributed by atoms with E-state index in [4.69, 9.17) is 20.4 Å². The largest absolute Gasteiger partial charge is 0.505 e. The predicted octanol–water partition coefficient (Wildman–Crippen LogP) is -2.04. The average Bonchev–Trinajstić information content (AvgIpc) is 2.11. The highest BCUT2D eigenvalue weighted by atomic mass is 16.7. The van der Waals surface area contributed by atoms with E-state index in [-0.39, 0.29) is 6.29 Å². The van der Waals surface area contributed by atoms with Crippen LogP contribution >= 0.6 is 0 Å². The van der Waals surface area contributed by atoms with Gasteiger partial charge >= 0.3 is 6.16 Å². The molecule has 13 heavy (non-hydrogen) atoms. The molecule has 0 aromatic carbocycles. The van der Waals surface area contributed by atoms with Gasteiger partial charge in [0, 0.05) is 0 Å². The first kappa shape index (κ1) is 11.8. The van der Waals surface area contributed by atoms with Crippen LogP contribution in [0.15, 0.2) is 0 Å². The topological polar surface area (TPSA) is 124 Å². The van der Waals surface area contributed by atoms with E-state index in [0.29, 0.717) is 0 Å². The Balaban J connectivity index is 3.87. The van der Waals surface area contributed by atoms with Crippen molar-refractivity contribution in [1.29, 1.82) is 0 Å². The molecule has 0 radical (unpaired) electrons. The molecule has 0 heterocycles. The van der Waals surface area contributed by atoms with Crippen molar-refractivity contribution in [2.24, 2.45) is 0 Å². The second-order valence-electron chi connectivity index (χ2n) is 2.26. The fraction of sp³-hybridized carbons (Fsp3) is 0.667. The van der Waals surface area contributed by atoms with Crippen LogP contribution in [0.25, 0.3) is 0 Å². The number of ether oxygens (including phenoxy) is 1. The third kappa shape index (κ3) is 4.41. The fourth-order valence-corrected chi connectivity index (χ4v) is 0.563. The molecule has 0 spiro atoms. The highest BCUT2D eigenvalue weighted by Crippen LogP contribution is 1.99. The molecule has 76 valence electrons. The van der Waals surface area contributed by atoms with Crippen LogP contribution in [0.3, 0.4) is 0 Å². The molecular weight excluding hydrogens is 184 g/mol. The summed E-state index contributed by atoms with van der Waals surface area (Å²) in [6.07, 6.45) is -6.73. The lowest BCUT2D eigenvalue weighted by atomic mass is 10.1. The third-order valence-electron chi connectivity index (χ3n) is 1.26. The maximum atomic E-state index is 9.91. The molecule has 0 rings (SSSR count). The number of rotatable bonds is 5. The molecular formula is C6H10O7. The van der Waals surface area contributed by atoms with Crippen LogP contribution in [0.4, 0.5) is 4.79 Å². The van der Waals surface area contributed by atoms with Gasteiger partial charge in [-0.25, -0.2) is 4.79 Å². The van der Waals surface area contributed by atoms with Gasteiger partial charge in [-0.3, -0.25) is 0 Å². The number of carbonyl (C=O) groups excluding carboxylic acids is 1. The van der Waals surface area contributed by atoms with Gasteiger partial charge in [0.05, 0.1) is 0 Å². The van der Waals surface area contributed by atoms with Crippen LogP contribution in [0, 0.1) is 0 Å². The first-order chi connectivity index (χ1) is 5.99. The van der Waals surface area contributed by atoms with E-state index < -0.39 is 31.1 Å². The zero-order valence-electron chi connectivity index (χ0n) is 6.53. The van der Waals surface area contributed by atoms with Crippen molar-refractivity contribution in [2.45, 2.75) is 18.3 Å². The van der Waals surface area contributed by atoms with E-state index in [1.54, 1.807) is 0 Å². The van der Waals surface area contributed by atoms with Crippen molar-refractivity contribution < 1.29 is 34.8 Å². The molecule has 0 aromatic heterocycles. The number of aldehydes is 1. The van der Waals surface area contributed by atoms with Gasteiger partial charge in [0.25, 0.3) is 0 Å². The van der Waals surface area contributed by atoms with Crippen LogP contribution in [-0.2, 0) is 9.53 Å². The Labute approximate surface area is 73.2 Å². The van der Waals surface area contributed by atoms with Crippen molar-refractivity contribution in [3.8, 4) is 0 Å². The summed E-state index contributed by atoms with van der Waals surface area (Å²) >= 11 is 0. The Bertz CT molecular complexity index is 180. The van der Waals surface area contributed by atoms with Gasteiger partial charge < -0.3 is 30.0 Å². The zero-order chi connectivity index (χ0) is 10.4. The molecule has 4 N–H and O–H groups in total. The monoisotopic (exact) mass is 194 g/mol. The molecule has 0 aromatic rings. The second kappa shape index (κ2) is 5.46. The molecule has 0 aliphatic carbocycles. The third-order valence-corrected chi connectivity index (χ3v) is 1.26. The minimum atomic E-state index is -1.76. The van der Waals surface area contributed by atoms with E-state index in [1.807, 2.05) is 0 Å². The van der Waals surface area contributed by atoms with E-state index in [1.165, 1.54) is 0 Å². The minimum Gasteiger partial charge on any atom is -0.450 e. The van der Waals surface area contributed by atoms with Crippen LogP contribution in [0.5, 0.6) is 0 Å². The molecule has 7 nitrogen and oxygen atoms in total. The van der Waals surface area contributed by atoms with Gasteiger partial charge in [-0.1, -0.05) is 0 Å². The summed E-state index contributed by atoms with van der Waals surface area (Å²) in [6, 6.07) is 0. The standard InChI is InChI=1S/C6H10O7/c7-1-3(8)5(10)4(9)2-13-6(11)12/h1,3-5,8-10H,2H2,(H,11,12)/t3-,4+,5-/m0/s1. The lowest BCUT2D eigenvalue weighted by Gasteiger charge is -2.18. The van der Waals surface area contributed by atoms with Crippen LogP contribution < -0.4 is 0 Å². The van der Waals surface area contributed by atoms with Crippen LogP contribution in [0.1, 0.15) is 0 Å².